The van der Waals surface area contributed by atoms with Crippen molar-refractivity contribution in [2.24, 2.45) is 0 Å². The van der Waals surface area contributed by atoms with Gasteiger partial charge in [0.05, 0.1) is 17.0 Å². The van der Waals surface area contributed by atoms with E-state index in [1.54, 1.807) is 6.07 Å². The summed E-state index contributed by atoms with van der Waals surface area (Å²) in [6.45, 7) is -0.0900. The maximum absolute atomic E-state index is 12.4. The van der Waals surface area contributed by atoms with Crippen LogP contribution in [0, 0.1) is 10.1 Å². The molecule has 19 heavy (non-hydrogen) atoms. The molecule has 8 heteroatoms. The molecule has 2 rings (SSSR count). The van der Waals surface area contributed by atoms with Gasteiger partial charge in [0.2, 0.25) is 0 Å². The van der Waals surface area contributed by atoms with E-state index in [0.717, 1.165) is 16.9 Å². The molecule has 0 amide bonds. The second-order valence-electron chi connectivity index (χ2n) is 3.78. The van der Waals surface area contributed by atoms with Crippen LogP contribution in [-0.4, -0.2) is 14.7 Å². The van der Waals surface area contributed by atoms with E-state index in [-0.39, 0.29) is 12.2 Å². The Kier molecular flexibility index (Phi) is 3.24. The Morgan fingerprint density at radius 1 is 1.26 bits per heavy atom. The molecule has 0 saturated heterocycles. The van der Waals surface area contributed by atoms with E-state index >= 15 is 0 Å². The lowest BCUT2D eigenvalue weighted by Crippen LogP contribution is -2.09. The number of hydrogen-bond donors (Lipinski definition) is 0. The molecular weight excluding hydrogens is 263 g/mol. The van der Waals surface area contributed by atoms with E-state index < -0.39 is 16.8 Å². The number of para-hydroxylation sites is 1. The van der Waals surface area contributed by atoms with Gasteiger partial charge in [-0.25, -0.2) is 0 Å². The standard InChI is InChI=1S/C11H8F3N3O2/c12-11(13,14)10-5-6-16(15-10)7-8-3-1-2-4-9(8)17(18)19/h1-6H,7H2. The van der Waals surface area contributed by atoms with Crippen molar-refractivity contribution < 1.29 is 18.1 Å². The third kappa shape index (κ3) is 2.90. The molecule has 0 aliphatic carbocycles. The lowest BCUT2D eigenvalue weighted by Gasteiger charge is -2.04. The molecule has 100 valence electrons. The van der Waals surface area contributed by atoms with Gasteiger partial charge in [0, 0.05) is 12.3 Å². The van der Waals surface area contributed by atoms with Crippen LogP contribution in [0.1, 0.15) is 11.3 Å². The van der Waals surface area contributed by atoms with Crippen LogP contribution in [0.2, 0.25) is 0 Å². The number of halogens is 3. The predicted molar refractivity (Wildman–Crippen MR) is 59.4 cm³/mol. The summed E-state index contributed by atoms with van der Waals surface area (Å²) in [6.07, 6.45) is -3.38. The van der Waals surface area contributed by atoms with Gasteiger partial charge in [-0.3, -0.25) is 14.8 Å². The fourth-order valence-corrected chi connectivity index (χ4v) is 1.60. The molecule has 0 fully saturated rings. The molecule has 5 nitrogen and oxygen atoms in total. The minimum atomic E-state index is -4.52. The van der Waals surface area contributed by atoms with Crippen molar-refractivity contribution in [3.8, 4) is 0 Å². The Labute approximate surface area is 105 Å². The van der Waals surface area contributed by atoms with Crippen molar-refractivity contribution in [3.63, 3.8) is 0 Å². The number of rotatable bonds is 3. The van der Waals surface area contributed by atoms with Crippen molar-refractivity contribution in [1.82, 2.24) is 9.78 Å². The van der Waals surface area contributed by atoms with E-state index in [1.165, 1.54) is 18.2 Å². The maximum atomic E-state index is 12.4. The van der Waals surface area contributed by atoms with Gasteiger partial charge in [-0.15, -0.1) is 0 Å². The van der Waals surface area contributed by atoms with Crippen LogP contribution in [0.15, 0.2) is 36.5 Å². The van der Waals surface area contributed by atoms with E-state index in [0.29, 0.717) is 5.56 Å². The highest BCUT2D eigenvalue weighted by molar-refractivity contribution is 5.39. The van der Waals surface area contributed by atoms with Gasteiger partial charge in [0.15, 0.2) is 5.69 Å². The van der Waals surface area contributed by atoms with Crippen LogP contribution in [0.25, 0.3) is 0 Å². The number of nitro benzene ring substituents is 1. The second kappa shape index (κ2) is 4.71. The summed E-state index contributed by atoms with van der Waals surface area (Å²) in [5.74, 6) is 0. The largest absolute Gasteiger partial charge is 0.435 e. The number of benzene rings is 1. The zero-order valence-corrected chi connectivity index (χ0v) is 9.46. The summed E-state index contributed by atoms with van der Waals surface area (Å²) in [5, 5.41) is 14.1. The van der Waals surface area contributed by atoms with Crippen LogP contribution in [0.5, 0.6) is 0 Å². The van der Waals surface area contributed by atoms with Gasteiger partial charge in [0.1, 0.15) is 0 Å². The van der Waals surface area contributed by atoms with Crippen LogP contribution in [0.3, 0.4) is 0 Å². The van der Waals surface area contributed by atoms with Gasteiger partial charge < -0.3 is 0 Å². The lowest BCUT2D eigenvalue weighted by atomic mass is 10.2. The third-order valence-corrected chi connectivity index (χ3v) is 2.45. The quantitative estimate of drug-likeness (QED) is 0.637. The van der Waals surface area contributed by atoms with E-state index in [9.17, 15) is 23.3 Å². The minimum absolute atomic E-state index is 0.0900. The summed E-state index contributed by atoms with van der Waals surface area (Å²) in [6, 6.07) is 6.67. The molecule has 0 aliphatic rings. The van der Waals surface area contributed by atoms with Gasteiger partial charge in [-0.1, -0.05) is 18.2 Å². The SMILES string of the molecule is O=[N+]([O-])c1ccccc1Cn1ccc(C(F)(F)F)n1. The summed E-state index contributed by atoms with van der Waals surface area (Å²) in [4.78, 5) is 10.2. The normalized spacial score (nSPS) is 11.5. The molecule has 1 aromatic heterocycles. The molecule has 0 aliphatic heterocycles. The first-order valence-corrected chi connectivity index (χ1v) is 5.21. The molecule has 1 aromatic carbocycles. The Morgan fingerprint density at radius 3 is 2.53 bits per heavy atom. The molecule has 0 N–H and O–H groups in total. The smallest absolute Gasteiger partial charge is 0.267 e. The van der Waals surface area contributed by atoms with Crippen LogP contribution >= 0.6 is 0 Å². The number of alkyl halides is 3. The Bertz CT molecular complexity index is 607. The number of hydrogen-bond acceptors (Lipinski definition) is 3. The zero-order chi connectivity index (χ0) is 14.0. The first-order valence-electron chi connectivity index (χ1n) is 5.21. The van der Waals surface area contributed by atoms with Crippen molar-refractivity contribution in [3.05, 3.63) is 57.9 Å². The molecule has 0 spiro atoms. The molecule has 0 saturated carbocycles. The van der Waals surface area contributed by atoms with Gasteiger partial charge >= 0.3 is 6.18 Å². The van der Waals surface area contributed by atoms with Gasteiger partial charge in [0.25, 0.3) is 5.69 Å². The van der Waals surface area contributed by atoms with Crippen molar-refractivity contribution in [1.29, 1.82) is 0 Å². The van der Waals surface area contributed by atoms with Gasteiger partial charge in [-0.05, 0) is 6.07 Å². The summed E-state index contributed by atoms with van der Waals surface area (Å²) >= 11 is 0. The first kappa shape index (κ1) is 13.1. The summed E-state index contributed by atoms with van der Waals surface area (Å²) in [7, 11) is 0. The molecular formula is C11H8F3N3O2. The molecule has 2 aromatic rings. The first-order chi connectivity index (χ1) is 8.88. The molecule has 0 atom stereocenters. The van der Waals surface area contributed by atoms with Crippen LogP contribution < -0.4 is 0 Å². The van der Waals surface area contributed by atoms with E-state index in [2.05, 4.69) is 5.10 Å². The number of nitrogens with zero attached hydrogens (tertiary/aromatic N) is 3. The second-order valence-corrected chi connectivity index (χ2v) is 3.78. The maximum Gasteiger partial charge on any atom is 0.435 e. The highest BCUT2D eigenvalue weighted by Crippen LogP contribution is 2.27. The minimum Gasteiger partial charge on any atom is -0.267 e. The lowest BCUT2D eigenvalue weighted by molar-refractivity contribution is -0.385. The topological polar surface area (TPSA) is 61.0 Å². The molecule has 0 radical (unpaired) electrons. The highest BCUT2D eigenvalue weighted by atomic mass is 19.4. The Hall–Kier alpha value is -2.38. The van der Waals surface area contributed by atoms with Gasteiger partial charge in [-0.2, -0.15) is 18.3 Å². The third-order valence-electron chi connectivity index (χ3n) is 2.45. The molecule has 0 unspecified atom stereocenters. The fraction of sp³-hybridized carbons (Fsp3) is 0.182. The monoisotopic (exact) mass is 271 g/mol. The predicted octanol–water partition coefficient (Wildman–Crippen LogP) is 2.86. The Balaban J connectivity index is 2.27. The summed E-state index contributed by atoms with van der Waals surface area (Å²) < 4.78 is 38.1. The summed E-state index contributed by atoms with van der Waals surface area (Å²) in [5.41, 5.74) is -0.873. The van der Waals surface area contributed by atoms with Crippen LogP contribution in [0.4, 0.5) is 18.9 Å². The van der Waals surface area contributed by atoms with E-state index in [1.807, 2.05) is 0 Å². The highest BCUT2D eigenvalue weighted by Gasteiger charge is 2.33. The number of nitro groups is 1. The Morgan fingerprint density at radius 2 is 1.95 bits per heavy atom. The van der Waals surface area contributed by atoms with Crippen molar-refractivity contribution in [2.45, 2.75) is 12.7 Å². The average molecular weight is 271 g/mol. The average Bonchev–Trinajstić information content (AvgIpc) is 2.77. The number of aromatic nitrogens is 2. The molecule has 1 heterocycles. The van der Waals surface area contributed by atoms with Crippen LogP contribution in [-0.2, 0) is 12.7 Å². The van der Waals surface area contributed by atoms with Crippen molar-refractivity contribution in [2.75, 3.05) is 0 Å². The van der Waals surface area contributed by atoms with E-state index in [4.69, 9.17) is 0 Å². The zero-order valence-electron chi connectivity index (χ0n) is 9.46. The molecule has 0 bridgehead atoms. The fourth-order valence-electron chi connectivity index (χ4n) is 1.60. The van der Waals surface area contributed by atoms with Crippen molar-refractivity contribution >= 4 is 5.69 Å².